The second-order valence-electron chi connectivity index (χ2n) is 4.66. The smallest absolute Gasteiger partial charge is 0.250 e. The lowest BCUT2D eigenvalue weighted by atomic mass is 9.98. The summed E-state index contributed by atoms with van der Waals surface area (Å²) in [7, 11) is 0. The summed E-state index contributed by atoms with van der Waals surface area (Å²) < 4.78 is 24.7. The molecule has 1 aromatic heterocycles. The Hall–Kier alpha value is -0.910. The highest BCUT2D eigenvalue weighted by Gasteiger charge is 2.43. The SMILES string of the molecule is Cl.Fc1cccnc1O[C@@H]1CO[C@@]2(CCNC2)C1. The van der Waals surface area contributed by atoms with Gasteiger partial charge in [-0.2, -0.15) is 0 Å². The van der Waals surface area contributed by atoms with Crippen LogP contribution in [-0.2, 0) is 4.74 Å². The van der Waals surface area contributed by atoms with Crippen molar-refractivity contribution in [3.05, 3.63) is 24.1 Å². The second kappa shape index (κ2) is 5.38. The van der Waals surface area contributed by atoms with Gasteiger partial charge in [0.2, 0.25) is 0 Å². The van der Waals surface area contributed by atoms with Crippen LogP contribution in [0.5, 0.6) is 5.88 Å². The van der Waals surface area contributed by atoms with Crippen molar-refractivity contribution in [3.8, 4) is 5.88 Å². The number of halogens is 2. The summed E-state index contributed by atoms with van der Waals surface area (Å²) >= 11 is 0. The molecule has 2 atom stereocenters. The predicted octanol–water partition coefficient (Wildman–Crippen LogP) is 1.54. The second-order valence-corrected chi connectivity index (χ2v) is 4.66. The molecule has 0 aromatic carbocycles. The topological polar surface area (TPSA) is 43.4 Å². The van der Waals surface area contributed by atoms with E-state index in [2.05, 4.69) is 10.3 Å². The molecular weight excluding hydrogens is 259 g/mol. The Kier molecular flexibility index (Phi) is 4.04. The van der Waals surface area contributed by atoms with Crippen LogP contribution >= 0.6 is 12.4 Å². The van der Waals surface area contributed by atoms with Crippen molar-refractivity contribution in [1.29, 1.82) is 0 Å². The number of nitrogens with zero attached hydrogens (tertiary/aromatic N) is 1. The van der Waals surface area contributed by atoms with Crippen LogP contribution in [0.4, 0.5) is 4.39 Å². The summed E-state index contributed by atoms with van der Waals surface area (Å²) in [5, 5.41) is 3.28. The van der Waals surface area contributed by atoms with Crippen LogP contribution in [0.2, 0.25) is 0 Å². The van der Waals surface area contributed by atoms with E-state index in [0.717, 1.165) is 25.9 Å². The zero-order valence-electron chi connectivity index (χ0n) is 9.89. The molecule has 1 aromatic rings. The van der Waals surface area contributed by atoms with Crippen LogP contribution in [0.25, 0.3) is 0 Å². The van der Waals surface area contributed by atoms with Gasteiger partial charge in [0.25, 0.3) is 5.88 Å². The van der Waals surface area contributed by atoms with E-state index in [1.54, 1.807) is 6.07 Å². The molecule has 3 heterocycles. The summed E-state index contributed by atoms with van der Waals surface area (Å²) in [6, 6.07) is 2.90. The number of aromatic nitrogens is 1. The maximum atomic E-state index is 13.4. The van der Waals surface area contributed by atoms with Gasteiger partial charge >= 0.3 is 0 Å². The van der Waals surface area contributed by atoms with E-state index in [-0.39, 0.29) is 30.0 Å². The predicted molar refractivity (Wildman–Crippen MR) is 66.6 cm³/mol. The fraction of sp³-hybridized carbons (Fsp3) is 0.583. The Balaban J connectivity index is 0.00000120. The van der Waals surface area contributed by atoms with E-state index in [4.69, 9.17) is 9.47 Å². The quantitative estimate of drug-likeness (QED) is 0.889. The molecule has 2 aliphatic rings. The molecule has 0 unspecified atom stereocenters. The Labute approximate surface area is 111 Å². The molecule has 18 heavy (non-hydrogen) atoms. The highest BCUT2D eigenvalue weighted by molar-refractivity contribution is 5.85. The van der Waals surface area contributed by atoms with Gasteiger partial charge in [-0.25, -0.2) is 9.37 Å². The first-order valence-corrected chi connectivity index (χ1v) is 5.89. The molecule has 3 rings (SSSR count). The first-order valence-electron chi connectivity index (χ1n) is 5.89. The fourth-order valence-electron chi connectivity index (χ4n) is 2.51. The van der Waals surface area contributed by atoms with Crippen LogP contribution in [0, 0.1) is 5.82 Å². The molecule has 2 saturated heterocycles. The van der Waals surface area contributed by atoms with Crippen LogP contribution < -0.4 is 10.1 Å². The molecule has 100 valence electrons. The Morgan fingerprint density at radius 1 is 1.56 bits per heavy atom. The summed E-state index contributed by atoms with van der Waals surface area (Å²) in [5.41, 5.74) is -0.101. The number of pyridine rings is 1. The van der Waals surface area contributed by atoms with E-state index < -0.39 is 5.82 Å². The molecule has 6 heteroatoms. The molecule has 1 N–H and O–H groups in total. The van der Waals surface area contributed by atoms with Crippen molar-refractivity contribution in [1.82, 2.24) is 10.3 Å². The van der Waals surface area contributed by atoms with Crippen molar-refractivity contribution < 1.29 is 13.9 Å². The summed E-state index contributed by atoms with van der Waals surface area (Å²) in [6.45, 7) is 2.35. The number of hydrogen-bond donors (Lipinski definition) is 1. The molecular formula is C12H16ClFN2O2. The van der Waals surface area contributed by atoms with Gasteiger partial charge in [-0.05, 0) is 25.1 Å². The summed E-state index contributed by atoms with van der Waals surface area (Å²) in [6.07, 6.45) is 3.23. The molecule has 4 nitrogen and oxygen atoms in total. The number of ether oxygens (including phenoxy) is 2. The number of rotatable bonds is 2. The maximum Gasteiger partial charge on any atom is 0.250 e. The minimum Gasteiger partial charge on any atom is -0.470 e. The van der Waals surface area contributed by atoms with Crippen molar-refractivity contribution in [2.24, 2.45) is 0 Å². The monoisotopic (exact) mass is 274 g/mol. The van der Waals surface area contributed by atoms with Crippen molar-refractivity contribution in [2.75, 3.05) is 19.7 Å². The molecule has 2 fully saturated rings. The summed E-state index contributed by atoms with van der Waals surface area (Å²) in [4.78, 5) is 3.89. The average molecular weight is 275 g/mol. The van der Waals surface area contributed by atoms with Gasteiger partial charge in [0, 0.05) is 19.2 Å². The van der Waals surface area contributed by atoms with Gasteiger partial charge in [0.15, 0.2) is 5.82 Å². The van der Waals surface area contributed by atoms with E-state index in [1.165, 1.54) is 12.3 Å². The molecule has 1 spiro atoms. The van der Waals surface area contributed by atoms with E-state index in [1.807, 2.05) is 0 Å². The number of hydrogen-bond acceptors (Lipinski definition) is 4. The molecule has 0 radical (unpaired) electrons. The van der Waals surface area contributed by atoms with Crippen molar-refractivity contribution >= 4 is 12.4 Å². The van der Waals surface area contributed by atoms with Gasteiger partial charge in [0.1, 0.15) is 6.10 Å². The van der Waals surface area contributed by atoms with Gasteiger partial charge in [-0.3, -0.25) is 0 Å². The largest absolute Gasteiger partial charge is 0.470 e. The third kappa shape index (κ3) is 2.58. The van der Waals surface area contributed by atoms with Crippen LogP contribution in [0.15, 0.2) is 18.3 Å². The van der Waals surface area contributed by atoms with Crippen LogP contribution in [0.3, 0.4) is 0 Å². The minimum absolute atomic E-state index is 0. The first-order chi connectivity index (χ1) is 8.27. The van der Waals surface area contributed by atoms with E-state index in [9.17, 15) is 4.39 Å². The Morgan fingerprint density at radius 3 is 3.17 bits per heavy atom. The third-order valence-electron chi connectivity index (χ3n) is 3.38. The normalized spacial score (nSPS) is 30.4. The van der Waals surface area contributed by atoms with Gasteiger partial charge in [-0.15, -0.1) is 12.4 Å². The highest BCUT2D eigenvalue weighted by Crippen LogP contribution is 2.33. The molecule has 0 aliphatic carbocycles. The van der Waals surface area contributed by atoms with Crippen LogP contribution in [0.1, 0.15) is 12.8 Å². The summed E-state index contributed by atoms with van der Waals surface area (Å²) in [5.74, 6) is -0.345. The lowest BCUT2D eigenvalue weighted by Gasteiger charge is -2.20. The first kappa shape index (κ1) is 13.5. The van der Waals surface area contributed by atoms with Crippen molar-refractivity contribution in [2.45, 2.75) is 24.5 Å². The number of nitrogens with one attached hydrogen (secondary N) is 1. The molecule has 0 bridgehead atoms. The Bertz CT molecular complexity index is 413. The molecule has 0 saturated carbocycles. The lowest BCUT2D eigenvalue weighted by Crippen LogP contribution is -2.31. The maximum absolute atomic E-state index is 13.4. The zero-order chi connectivity index (χ0) is 11.7. The minimum atomic E-state index is -0.419. The average Bonchev–Trinajstić information content (AvgIpc) is 2.94. The van der Waals surface area contributed by atoms with Gasteiger partial charge < -0.3 is 14.8 Å². The zero-order valence-corrected chi connectivity index (χ0v) is 10.7. The third-order valence-corrected chi connectivity index (χ3v) is 3.38. The Morgan fingerprint density at radius 2 is 2.44 bits per heavy atom. The van der Waals surface area contributed by atoms with Crippen LogP contribution in [-0.4, -0.2) is 36.4 Å². The standard InChI is InChI=1S/C12H15FN2O2.ClH/c13-10-2-1-4-15-11(10)17-9-6-12(16-7-9)3-5-14-8-12;/h1-2,4,9,14H,3,5-8H2;1H/t9-,12-;/m0./s1. The van der Waals surface area contributed by atoms with E-state index >= 15 is 0 Å². The highest BCUT2D eigenvalue weighted by atomic mass is 35.5. The lowest BCUT2D eigenvalue weighted by molar-refractivity contribution is 0.0179. The van der Waals surface area contributed by atoms with Crippen molar-refractivity contribution in [3.63, 3.8) is 0 Å². The molecule has 0 amide bonds. The van der Waals surface area contributed by atoms with E-state index in [0.29, 0.717) is 6.61 Å². The van der Waals surface area contributed by atoms with Gasteiger partial charge in [-0.1, -0.05) is 0 Å². The van der Waals surface area contributed by atoms with Gasteiger partial charge in [0.05, 0.1) is 12.2 Å². The fourth-order valence-corrected chi connectivity index (χ4v) is 2.51. The molecule has 2 aliphatic heterocycles.